The van der Waals surface area contributed by atoms with Gasteiger partial charge in [-0.1, -0.05) is 13.8 Å². The quantitative estimate of drug-likeness (QED) is 0.831. The summed E-state index contributed by atoms with van der Waals surface area (Å²) < 4.78 is 39.4. The van der Waals surface area contributed by atoms with Gasteiger partial charge in [0, 0.05) is 6.54 Å². The minimum atomic E-state index is -4.73. The fourth-order valence-corrected chi connectivity index (χ4v) is 2.08. The van der Waals surface area contributed by atoms with Gasteiger partial charge in [0.1, 0.15) is 12.1 Å². The van der Waals surface area contributed by atoms with E-state index in [2.05, 4.69) is 10.1 Å². The van der Waals surface area contributed by atoms with E-state index in [-0.39, 0.29) is 24.3 Å². The largest absolute Gasteiger partial charge is 0.522 e. The molecule has 0 aromatic heterocycles. The van der Waals surface area contributed by atoms with E-state index in [0.717, 1.165) is 4.90 Å². The molecule has 1 heterocycles. The molecule has 1 N–H and O–H groups in total. The van der Waals surface area contributed by atoms with E-state index in [4.69, 9.17) is 0 Å². The zero-order valence-corrected chi connectivity index (χ0v) is 11.7. The first-order valence-corrected chi connectivity index (χ1v) is 6.43. The number of carbonyl (C=O) groups excluding carboxylic acids is 2. The molecule has 0 saturated carbocycles. The van der Waals surface area contributed by atoms with Gasteiger partial charge in [0.15, 0.2) is 0 Å². The molecule has 0 aromatic carbocycles. The van der Waals surface area contributed by atoms with Crippen molar-refractivity contribution in [3.05, 3.63) is 0 Å². The van der Waals surface area contributed by atoms with E-state index >= 15 is 0 Å². The number of hydrogen-bond donors (Lipinski definition) is 1. The van der Waals surface area contributed by atoms with Crippen molar-refractivity contribution in [1.29, 1.82) is 0 Å². The number of amides is 2. The molecule has 1 aliphatic heterocycles. The second-order valence-electron chi connectivity index (χ2n) is 5.19. The average molecular weight is 296 g/mol. The van der Waals surface area contributed by atoms with Crippen molar-refractivity contribution in [2.75, 3.05) is 13.2 Å². The highest BCUT2D eigenvalue weighted by atomic mass is 19.4. The van der Waals surface area contributed by atoms with Crippen molar-refractivity contribution in [3.8, 4) is 0 Å². The van der Waals surface area contributed by atoms with Gasteiger partial charge in [0.2, 0.25) is 11.8 Å². The number of alkyl halides is 3. The highest BCUT2D eigenvalue weighted by molar-refractivity contribution is 5.96. The lowest BCUT2D eigenvalue weighted by Crippen LogP contribution is -2.63. The molecule has 8 heteroatoms. The number of ether oxygens (including phenoxy) is 1. The predicted octanol–water partition coefficient (Wildman–Crippen LogP) is 1.28. The molecule has 2 amide bonds. The van der Waals surface area contributed by atoms with Crippen LogP contribution in [0.5, 0.6) is 0 Å². The molecule has 0 bridgehead atoms. The second kappa shape index (κ2) is 6.43. The Kier molecular flexibility index (Phi) is 5.38. The summed E-state index contributed by atoms with van der Waals surface area (Å²) in [6, 6.07) is -1.47. The predicted molar refractivity (Wildman–Crippen MR) is 64.6 cm³/mol. The van der Waals surface area contributed by atoms with Crippen LogP contribution in [0.3, 0.4) is 0 Å². The van der Waals surface area contributed by atoms with Crippen LogP contribution in [0, 0.1) is 5.92 Å². The van der Waals surface area contributed by atoms with Crippen LogP contribution in [0.2, 0.25) is 0 Å². The molecule has 0 spiro atoms. The molecular formula is C12H19F3N2O3. The lowest BCUT2D eigenvalue weighted by molar-refractivity contribution is -0.325. The number of piperazine rings is 1. The summed E-state index contributed by atoms with van der Waals surface area (Å²) in [7, 11) is 0. The molecule has 1 saturated heterocycles. The molecule has 2 atom stereocenters. The summed E-state index contributed by atoms with van der Waals surface area (Å²) in [5, 5.41) is 2.59. The zero-order valence-electron chi connectivity index (χ0n) is 11.7. The maximum absolute atomic E-state index is 12.1. The second-order valence-corrected chi connectivity index (χ2v) is 5.19. The van der Waals surface area contributed by atoms with E-state index in [1.807, 2.05) is 13.8 Å². The third kappa shape index (κ3) is 4.66. The maximum atomic E-state index is 12.1. The van der Waals surface area contributed by atoms with Gasteiger partial charge >= 0.3 is 6.36 Å². The highest BCUT2D eigenvalue weighted by Crippen LogP contribution is 2.18. The molecule has 1 fully saturated rings. The van der Waals surface area contributed by atoms with Crippen LogP contribution in [-0.4, -0.2) is 48.3 Å². The number of hydrogen-bond acceptors (Lipinski definition) is 3. The lowest BCUT2D eigenvalue weighted by atomic mass is 9.99. The average Bonchev–Trinajstić information content (AvgIpc) is 2.28. The Balaban J connectivity index is 2.65. The topological polar surface area (TPSA) is 58.6 Å². The molecule has 1 aliphatic rings. The Hall–Kier alpha value is -1.31. The van der Waals surface area contributed by atoms with Crippen LogP contribution in [0.25, 0.3) is 0 Å². The Labute approximate surface area is 115 Å². The van der Waals surface area contributed by atoms with E-state index in [0.29, 0.717) is 6.42 Å². The van der Waals surface area contributed by atoms with E-state index in [1.54, 1.807) is 0 Å². The summed E-state index contributed by atoms with van der Waals surface area (Å²) in [5.74, 6) is -0.537. The first-order valence-electron chi connectivity index (χ1n) is 6.43. The van der Waals surface area contributed by atoms with Gasteiger partial charge in [-0.05, 0) is 19.3 Å². The molecule has 0 aliphatic carbocycles. The van der Waals surface area contributed by atoms with Crippen molar-refractivity contribution in [2.24, 2.45) is 5.92 Å². The van der Waals surface area contributed by atoms with Gasteiger partial charge in [-0.3, -0.25) is 14.3 Å². The normalized spacial score (nSPS) is 24.2. The molecule has 1 rings (SSSR count). The summed E-state index contributed by atoms with van der Waals surface area (Å²) in [4.78, 5) is 25.0. The minimum Gasteiger partial charge on any atom is -0.343 e. The fourth-order valence-electron chi connectivity index (χ4n) is 2.08. The van der Waals surface area contributed by atoms with Gasteiger partial charge in [-0.2, -0.15) is 0 Å². The van der Waals surface area contributed by atoms with Crippen LogP contribution in [0.4, 0.5) is 13.2 Å². The lowest BCUT2D eigenvalue weighted by Gasteiger charge is -2.37. The summed E-state index contributed by atoms with van der Waals surface area (Å²) >= 11 is 0. The molecule has 20 heavy (non-hydrogen) atoms. The van der Waals surface area contributed by atoms with E-state index in [1.165, 1.54) is 6.92 Å². The van der Waals surface area contributed by atoms with Gasteiger partial charge < -0.3 is 10.2 Å². The Morgan fingerprint density at radius 1 is 1.35 bits per heavy atom. The minimum absolute atomic E-state index is 0.186. The van der Waals surface area contributed by atoms with Gasteiger partial charge in [-0.25, -0.2) is 0 Å². The zero-order chi connectivity index (χ0) is 15.5. The third-order valence-electron chi connectivity index (χ3n) is 3.05. The fraction of sp³-hybridized carbons (Fsp3) is 0.833. The van der Waals surface area contributed by atoms with E-state index < -0.39 is 25.1 Å². The van der Waals surface area contributed by atoms with Crippen molar-refractivity contribution >= 4 is 11.8 Å². The van der Waals surface area contributed by atoms with Crippen molar-refractivity contribution in [2.45, 2.75) is 45.6 Å². The van der Waals surface area contributed by atoms with Crippen LogP contribution in [0.15, 0.2) is 0 Å². The highest BCUT2D eigenvalue weighted by Gasteiger charge is 2.38. The summed E-state index contributed by atoms with van der Waals surface area (Å²) in [6.45, 7) is 4.33. The maximum Gasteiger partial charge on any atom is 0.522 e. The van der Waals surface area contributed by atoms with Crippen molar-refractivity contribution in [3.63, 3.8) is 0 Å². The van der Waals surface area contributed by atoms with Crippen LogP contribution < -0.4 is 5.32 Å². The SMILES string of the molecule is CC(C)CC1NC(=O)C(C)N(CCOC(F)(F)F)C1=O. The van der Waals surface area contributed by atoms with Crippen LogP contribution >= 0.6 is 0 Å². The third-order valence-corrected chi connectivity index (χ3v) is 3.05. The first kappa shape index (κ1) is 16.7. The monoisotopic (exact) mass is 296 g/mol. The summed E-state index contributed by atoms with van der Waals surface area (Å²) in [5.41, 5.74) is 0. The van der Waals surface area contributed by atoms with E-state index in [9.17, 15) is 22.8 Å². The van der Waals surface area contributed by atoms with Crippen molar-refractivity contribution < 1.29 is 27.5 Å². The molecule has 0 aromatic rings. The number of nitrogens with zero attached hydrogens (tertiary/aromatic N) is 1. The first-order chi connectivity index (χ1) is 9.11. The summed E-state index contributed by atoms with van der Waals surface area (Å²) in [6.07, 6.45) is -4.28. The van der Waals surface area contributed by atoms with Gasteiger partial charge in [0.05, 0.1) is 6.61 Å². The molecule has 5 nitrogen and oxygen atoms in total. The smallest absolute Gasteiger partial charge is 0.343 e. The number of carbonyl (C=O) groups is 2. The number of rotatable bonds is 5. The standard InChI is InChI=1S/C12H19F3N2O3/c1-7(2)6-9-11(19)17(8(3)10(18)16-9)4-5-20-12(13,14)15/h7-9H,4-6H2,1-3H3,(H,16,18). The van der Waals surface area contributed by atoms with Gasteiger partial charge in [0.25, 0.3) is 0 Å². The Bertz CT molecular complexity index is 371. The van der Waals surface area contributed by atoms with Crippen LogP contribution in [0.1, 0.15) is 27.2 Å². The number of nitrogens with one attached hydrogen (secondary N) is 1. The number of halogens is 3. The van der Waals surface area contributed by atoms with Crippen LogP contribution in [-0.2, 0) is 14.3 Å². The Morgan fingerprint density at radius 2 is 1.95 bits per heavy atom. The molecule has 2 unspecified atom stereocenters. The molecule has 116 valence electrons. The van der Waals surface area contributed by atoms with Gasteiger partial charge in [-0.15, -0.1) is 13.2 Å². The van der Waals surface area contributed by atoms with Crippen molar-refractivity contribution in [1.82, 2.24) is 10.2 Å². The molecular weight excluding hydrogens is 277 g/mol. The molecule has 0 radical (unpaired) electrons. The Morgan fingerprint density at radius 3 is 2.45 bits per heavy atom.